The van der Waals surface area contributed by atoms with Gasteiger partial charge in [0.25, 0.3) is 0 Å². The van der Waals surface area contributed by atoms with Crippen LogP contribution in [-0.4, -0.2) is 29.8 Å². The van der Waals surface area contributed by atoms with Gasteiger partial charge < -0.3 is 14.6 Å². The Bertz CT molecular complexity index is 664. The number of carbonyl (C=O) groups is 2. The zero-order chi connectivity index (χ0) is 16.9. The zero-order valence-corrected chi connectivity index (χ0v) is 13.8. The number of carbonyl (C=O) groups excluding carboxylic acids is 2. The van der Waals surface area contributed by atoms with Gasteiger partial charge in [0.05, 0.1) is 23.7 Å². The number of benzene rings is 1. The molecule has 0 aromatic heterocycles. The summed E-state index contributed by atoms with van der Waals surface area (Å²) in [5.74, 6) is 0.642. The normalized spacial score (nSPS) is 36.4. The molecule has 4 saturated carbocycles. The van der Waals surface area contributed by atoms with E-state index in [1.165, 1.54) is 7.11 Å². The van der Waals surface area contributed by atoms with Gasteiger partial charge in [0.15, 0.2) is 0 Å². The van der Waals surface area contributed by atoms with E-state index in [0.717, 1.165) is 32.1 Å². The molecule has 1 aromatic carbocycles. The third kappa shape index (κ3) is 2.51. The van der Waals surface area contributed by atoms with E-state index in [1.807, 2.05) is 0 Å². The van der Waals surface area contributed by atoms with Crippen molar-refractivity contribution < 1.29 is 24.2 Å². The van der Waals surface area contributed by atoms with Crippen molar-refractivity contribution in [2.75, 3.05) is 7.11 Å². The molecule has 1 N–H and O–H groups in total. The largest absolute Gasteiger partial charge is 0.465 e. The van der Waals surface area contributed by atoms with Crippen molar-refractivity contribution in [2.24, 2.45) is 17.3 Å². The van der Waals surface area contributed by atoms with Crippen LogP contribution in [0.3, 0.4) is 0 Å². The minimum absolute atomic E-state index is 0.235. The topological polar surface area (TPSA) is 72.8 Å². The Morgan fingerprint density at radius 1 is 1.08 bits per heavy atom. The van der Waals surface area contributed by atoms with Crippen molar-refractivity contribution in [1.82, 2.24) is 0 Å². The van der Waals surface area contributed by atoms with E-state index < -0.39 is 17.0 Å². The van der Waals surface area contributed by atoms with Gasteiger partial charge in [-0.1, -0.05) is 0 Å². The minimum Gasteiger partial charge on any atom is -0.465 e. The highest BCUT2D eigenvalue weighted by atomic mass is 16.5. The monoisotopic (exact) mass is 330 g/mol. The van der Waals surface area contributed by atoms with E-state index in [4.69, 9.17) is 4.74 Å². The number of hydrogen-bond acceptors (Lipinski definition) is 5. The van der Waals surface area contributed by atoms with Gasteiger partial charge in [0.1, 0.15) is 5.75 Å². The fourth-order valence-electron chi connectivity index (χ4n) is 5.45. The average molecular weight is 330 g/mol. The number of aliphatic hydroxyl groups is 1. The van der Waals surface area contributed by atoms with Crippen molar-refractivity contribution >= 4 is 11.9 Å². The van der Waals surface area contributed by atoms with Crippen LogP contribution in [0.4, 0.5) is 0 Å². The van der Waals surface area contributed by atoms with E-state index >= 15 is 0 Å². The van der Waals surface area contributed by atoms with Crippen LogP contribution in [-0.2, 0) is 9.53 Å². The van der Waals surface area contributed by atoms with Crippen molar-refractivity contribution in [3.05, 3.63) is 29.8 Å². The van der Waals surface area contributed by atoms with Gasteiger partial charge in [0, 0.05) is 0 Å². The average Bonchev–Trinajstić information content (AvgIpc) is 2.52. The van der Waals surface area contributed by atoms with Crippen LogP contribution >= 0.6 is 0 Å². The van der Waals surface area contributed by atoms with E-state index in [1.54, 1.807) is 24.3 Å². The SMILES string of the molecule is COC(=O)c1ccc(OC(=O)C23C[C@@H]4C[C@@H](CC(O)(C4)C2)C3)cc1. The van der Waals surface area contributed by atoms with Gasteiger partial charge in [-0.2, -0.15) is 0 Å². The highest BCUT2D eigenvalue weighted by Gasteiger charge is 2.61. The second kappa shape index (κ2) is 5.31. The number of rotatable bonds is 3. The van der Waals surface area contributed by atoms with E-state index in [9.17, 15) is 14.7 Å². The third-order valence-corrected chi connectivity index (χ3v) is 5.95. The maximum absolute atomic E-state index is 12.9. The Morgan fingerprint density at radius 3 is 2.25 bits per heavy atom. The first kappa shape index (κ1) is 15.6. The first-order valence-corrected chi connectivity index (χ1v) is 8.54. The predicted molar refractivity (Wildman–Crippen MR) is 85.5 cm³/mol. The summed E-state index contributed by atoms with van der Waals surface area (Å²) in [6, 6.07) is 6.39. The standard InChI is InChI=1S/C19H22O5/c1-23-16(20)14-2-4-15(5-3-14)24-17(21)18-7-12-6-13(8-18)10-19(22,9-12)11-18/h2-5,12-13,22H,6-11H2,1H3/t12-,13+,18?,19?. The molecule has 24 heavy (non-hydrogen) atoms. The van der Waals surface area contributed by atoms with Crippen LogP contribution in [0.5, 0.6) is 5.75 Å². The molecule has 4 bridgehead atoms. The Labute approximate surface area is 141 Å². The molecule has 2 unspecified atom stereocenters. The first-order valence-electron chi connectivity index (χ1n) is 8.54. The first-order chi connectivity index (χ1) is 11.4. The van der Waals surface area contributed by atoms with Crippen molar-refractivity contribution in [2.45, 2.75) is 44.1 Å². The Morgan fingerprint density at radius 2 is 1.71 bits per heavy atom. The summed E-state index contributed by atoms with van der Waals surface area (Å²) in [5.41, 5.74) is -0.807. The molecule has 4 aliphatic rings. The number of methoxy groups -OCH3 is 1. The molecule has 4 aliphatic carbocycles. The molecule has 5 nitrogen and oxygen atoms in total. The van der Waals surface area contributed by atoms with Crippen molar-refractivity contribution in [3.63, 3.8) is 0 Å². The molecule has 4 atom stereocenters. The van der Waals surface area contributed by atoms with Crippen LogP contribution in [0.1, 0.15) is 48.9 Å². The molecule has 0 aliphatic heterocycles. The quantitative estimate of drug-likeness (QED) is 0.681. The number of ether oxygens (including phenoxy) is 2. The molecule has 0 spiro atoms. The van der Waals surface area contributed by atoms with E-state index in [0.29, 0.717) is 29.6 Å². The van der Waals surface area contributed by atoms with E-state index in [2.05, 4.69) is 4.74 Å². The van der Waals surface area contributed by atoms with Gasteiger partial charge in [0.2, 0.25) is 0 Å². The third-order valence-electron chi connectivity index (χ3n) is 5.95. The molecule has 5 heteroatoms. The minimum atomic E-state index is -0.683. The second-order valence-corrected chi connectivity index (χ2v) is 7.87. The van der Waals surface area contributed by atoms with Gasteiger partial charge in [-0.25, -0.2) is 4.79 Å². The van der Waals surface area contributed by atoms with Crippen molar-refractivity contribution in [1.29, 1.82) is 0 Å². The summed E-state index contributed by atoms with van der Waals surface area (Å²) in [6.45, 7) is 0. The summed E-state index contributed by atoms with van der Waals surface area (Å²) < 4.78 is 10.3. The van der Waals surface area contributed by atoms with Crippen LogP contribution in [0.25, 0.3) is 0 Å². The molecule has 0 heterocycles. The van der Waals surface area contributed by atoms with Gasteiger partial charge in [-0.15, -0.1) is 0 Å². The summed E-state index contributed by atoms with van der Waals surface area (Å²) in [5, 5.41) is 10.7. The molecular formula is C19H22O5. The van der Waals surface area contributed by atoms with Crippen LogP contribution < -0.4 is 4.74 Å². The molecule has 128 valence electrons. The molecule has 4 fully saturated rings. The van der Waals surface area contributed by atoms with Gasteiger partial charge in [-0.3, -0.25) is 4.79 Å². The summed E-state index contributed by atoms with van der Waals surface area (Å²) in [7, 11) is 1.33. The van der Waals surface area contributed by atoms with Crippen LogP contribution in [0, 0.1) is 17.3 Å². The number of hydrogen-bond donors (Lipinski definition) is 1. The molecule has 0 saturated heterocycles. The second-order valence-electron chi connectivity index (χ2n) is 7.87. The number of esters is 2. The maximum atomic E-state index is 12.9. The lowest BCUT2D eigenvalue weighted by molar-refractivity contribution is -0.188. The predicted octanol–water partition coefficient (Wildman–Crippen LogP) is 2.71. The Balaban J connectivity index is 1.51. The summed E-state index contributed by atoms with van der Waals surface area (Å²) >= 11 is 0. The lowest BCUT2D eigenvalue weighted by atomic mass is 9.48. The molecule has 5 rings (SSSR count). The highest BCUT2D eigenvalue weighted by molar-refractivity contribution is 5.89. The van der Waals surface area contributed by atoms with Crippen LogP contribution in [0.15, 0.2) is 24.3 Å². The van der Waals surface area contributed by atoms with E-state index in [-0.39, 0.29) is 5.97 Å². The maximum Gasteiger partial charge on any atom is 0.337 e. The molecule has 0 amide bonds. The fraction of sp³-hybridized carbons (Fsp3) is 0.579. The Hall–Kier alpha value is -1.88. The Kier molecular flexibility index (Phi) is 3.46. The van der Waals surface area contributed by atoms with Crippen molar-refractivity contribution in [3.8, 4) is 5.75 Å². The fourth-order valence-corrected chi connectivity index (χ4v) is 5.45. The highest BCUT2D eigenvalue weighted by Crippen LogP contribution is 2.61. The molecule has 0 radical (unpaired) electrons. The summed E-state index contributed by atoms with van der Waals surface area (Å²) in [6.07, 6.45) is 4.95. The zero-order valence-electron chi connectivity index (χ0n) is 13.8. The lowest BCUT2D eigenvalue weighted by Crippen LogP contribution is -2.59. The summed E-state index contributed by atoms with van der Waals surface area (Å²) in [4.78, 5) is 24.3. The van der Waals surface area contributed by atoms with Gasteiger partial charge >= 0.3 is 11.9 Å². The lowest BCUT2D eigenvalue weighted by Gasteiger charge is -2.58. The smallest absolute Gasteiger partial charge is 0.337 e. The van der Waals surface area contributed by atoms with Gasteiger partial charge in [-0.05, 0) is 74.6 Å². The molecular weight excluding hydrogens is 308 g/mol. The molecule has 1 aromatic rings. The van der Waals surface area contributed by atoms with Crippen LogP contribution in [0.2, 0.25) is 0 Å².